The summed E-state index contributed by atoms with van der Waals surface area (Å²) in [4.78, 5) is 17.1. The molecular formula is C21H23N3O2. The van der Waals surface area contributed by atoms with Gasteiger partial charge in [0.15, 0.2) is 0 Å². The third-order valence-corrected chi connectivity index (χ3v) is 4.92. The molecule has 134 valence electrons. The van der Waals surface area contributed by atoms with Gasteiger partial charge in [-0.3, -0.25) is 4.79 Å². The highest BCUT2D eigenvalue weighted by molar-refractivity contribution is 5.94. The molecule has 0 bridgehead atoms. The molecule has 0 aliphatic carbocycles. The van der Waals surface area contributed by atoms with Crippen LogP contribution in [0.4, 0.5) is 5.69 Å². The molecular weight excluding hydrogens is 326 g/mol. The van der Waals surface area contributed by atoms with Crippen molar-refractivity contribution in [3.63, 3.8) is 0 Å². The molecule has 0 radical (unpaired) electrons. The molecule has 1 aromatic heterocycles. The highest BCUT2D eigenvalue weighted by Crippen LogP contribution is 2.24. The summed E-state index contributed by atoms with van der Waals surface area (Å²) in [5, 5.41) is 2.98. The van der Waals surface area contributed by atoms with Gasteiger partial charge in [0, 0.05) is 18.7 Å². The van der Waals surface area contributed by atoms with Crippen LogP contribution in [0.15, 0.2) is 42.5 Å². The van der Waals surface area contributed by atoms with Crippen LogP contribution in [-0.4, -0.2) is 22.6 Å². The lowest BCUT2D eigenvalue weighted by molar-refractivity contribution is -0.115. The molecule has 0 atom stereocenters. The van der Waals surface area contributed by atoms with Gasteiger partial charge in [0.2, 0.25) is 5.91 Å². The molecule has 26 heavy (non-hydrogen) atoms. The number of aryl methyl sites for hydroxylation is 2. The molecule has 0 saturated carbocycles. The third-order valence-electron chi connectivity index (χ3n) is 4.92. The first-order valence-electron chi connectivity index (χ1n) is 9.15. The Kier molecular flexibility index (Phi) is 4.61. The van der Waals surface area contributed by atoms with E-state index >= 15 is 0 Å². The van der Waals surface area contributed by atoms with Gasteiger partial charge in [0.25, 0.3) is 0 Å². The van der Waals surface area contributed by atoms with Crippen LogP contribution in [0.1, 0.15) is 30.7 Å². The highest BCUT2D eigenvalue weighted by Gasteiger charge is 2.14. The van der Waals surface area contributed by atoms with Crippen molar-refractivity contribution in [2.24, 2.45) is 0 Å². The maximum Gasteiger partial charge on any atom is 0.228 e. The van der Waals surface area contributed by atoms with E-state index in [0.717, 1.165) is 41.0 Å². The third kappa shape index (κ3) is 3.43. The number of hydrogen-bond acceptors (Lipinski definition) is 3. The molecule has 1 aliphatic heterocycles. The van der Waals surface area contributed by atoms with Gasteiger partial charge in [0.1, 0.15) is 11.6 Å². The van der Waals surface area contributed by atoms with Crippen molar-refractivity contribution >= 4 is 22.6 Å². The van der Waals surface area contributed by atoms with E-state index in [1.54, 1.807) is 7.11 Å². The van der Waals surface area contributed by atoms with Crippen LogP contribution in [0.3, 0.4) is 0 Å². The van der Waals surface area contributed by atoms with Crippen LogP contribution >= 0.6 is 0 Å². The average molecular weight is 349 g/mol. The molecule has 0 unspecified atom stereocenters. The minimum Gasteiger partial charge on any atom is -0.497 e. The Balaban J connectivity index is 1.48. The smallest absolute Gasteiger partial charge is 0.228 e. The van der Waals surface area contributed by atoms with E-state index in [1.807, 2.05) is 36.4 Å². The fraction of sp³-hybridized carbons (Fsp3) is 0.333. The Morgan fingerprint density at radius 2 is 2.00 bits per heavy atom. The number of nitrogens with one attached hydrogen (secondary N) is 1. The molecule has 3 aromatic rings. The number of hydrogen-bond donors (Lipinski definition) is 1. The van der Waals surface area contributed by atoms with E-state index in [0.29, 0.717) is 6.42 Å². The quantitative estimate of drug-likeness (QED) is 0.776. The first-order chi connectivity index (χ1) is 12.7. The van der Waals surface area contributed by atoms with Gasteiger partial charge >= 0.3 is 0 Å². The summed E-state index contributed by atoms with van der Waals surface area (Å²) in [6, 6.07) is 13.6. The standard InChI is InChI=1S/C21H23N3O2/c1-26-17-9-6-15(7-10-17)13-21(25)22-16-8-11-19-18(14-16)23-20-5-3-2-4-12-24(19)20/h6-11,14H,2-5,12-13H2,1H3,(H,22,25). The number of fused-ring (bicyclic) bond motifs is 3. The van der Waals surface area contributed by atoms with Crippen molar-refractivity contribution in [1.82, 2.24) is 9.55 Å². The monoisotopic (exact) mass is 349 g/mol. The second kappa shape index (κ2) is 7.20. The summed E-state index contributed by atoms with van der Waals surface area (Å²) >= 11 is 0. The van der Waals surface area contributed by atoms with Gasteiger partial charge in [-0.05, 0) is 48.7 Å². The Morgan fingerprint density at radius 1 is 1.15 bits per heavy atom. The number of rotatable bonds is 4. The first-order valence-corrected chi connectivity index (χ1v) is 9.15. The molecule has 0 saturated heterocycles. The maximum atomic E-state index is 12.3. The zero-order valence-corrected chi connectivity index (χ0v) is 15.0. The number of ether oxygens (including phenoxy) is 1. The summed E-state index contributed by atoms with van der Waals surface area (Å²) in [5.74, 6) is 1.92. The normalized spacial score (nSPS) is 13.9. The molecule has 2 aromatic carbocycles. The number of aromatic nitrogens is 2. The molecule has 0 fully saturated rings. The molecule has 1 N–H and O–H groups in total. The molecule has 1 aliphatic rings. The zero-order chi connectivity index (χ0) is 17.9. The van der Waals surface area contributed by atoms with Crippen molar-refractivity contribution in [2.75, 3.05) is 12.4 Å². The lowest BCUT2D eigenvalue weighted by atomic mass is 10.1. The molecule has 1 amide bonds. The van der Waals surface area contributed by atoms with Gasteiger partial charge in [-0.1, -0.05) is 18.6 Å². The summed E-state index contributed by atoms with van der Waals surface area (Å²) in [7, 11) is 1.63. The lowest BCUT2D eigenvalue weighted by Gasteiger charge is -2.07. The fourth-order valence-corrected chi connectivity index (χ4v) is 3.56. The number of nitrogens with zero attached hydrogens (tertiary/aromatic N) is 2. The molecule has 2 heterocycles. The van der Waals surface area contributed by atoms with Gasteiger partial charge in [-0.15, -0.1) is 0 Å². The number of methoxy groups -OCH3 is 1. The van der Waals surface area contributed by atoms with Crippen molar-refractivity contribution in [2.45, 2.75) is 38.6 Å². The minimum atomic E-state index is -0.0321. The second-order valence-electron chi connectivity index (χ2n) is 6.77. The van der Waals surface area contributed by atoms with Gasteiger partial charge in [0.05, 0.1) is 24.6 Å². The van der Waals surface area contributed by atoms with Crippen molar-refractivity contribution in [3.05, 3.63) is 53.9 Å². The van der Waals surface area contributed by atoms with Crippen LogP contribution in [-0.2, 0) is 24.2 Å². The van der Waals surface area contributed by atoms with Crippen LogP contribution in [0.2, 0.25) is 0 Å². The summed E-state index contributed by atoms with van der Waals surface area (Å²) in [6.45, 7) is 1.04. The Morgan fingerprint density at radius 3 is 2.81 bits per heavy atom. The topological polar surface area (TPSA) is 56.1 Å². The van der Waals surface area contributed by atoms with E-state index < -0.39 is 0 Å². The maximum absolute atomic E-state index is 12.3. The Bertz CT molecular complexity index is 928. The highest BCUT2D eigenvalue weighted by atomic mass is 16.5. The Hall–Kier alpha value is -2.82. The van der Waals surface area contributed by atoms with Gasteiger partial charge < -0.3 is 14.6 Å². The molecule has 0 spiro atoms. The van der Waals surface area contributed by atoms with E-state index in [-0.39, 0.29) is 5.91 Å². The number of benzene rings is 2. The predicted octanol–water partition coefficient (Wildman–Crippen LogP) is 3.95. The number of carbonyl (C=O) groups excluding carboxylic acids is 1. The first kappa shape index (κ1) is 16.6. The predicted molar refractivity (Wildman–Crippen MR) is 103 cm³/mol. The van der Waals surface area contributed by atoms with Gasteiger partial charge in [-0.25, -0.2) is 4.98 Å². The Labute approximate surface area is 153 Å². The zero-order valence-electron chi connectivity index (χ0n) is 15.0. The van der Waals surface area contributed by atoms with Crippen molar-refractivity contribution < 1.29 is 9.53 Å². The average Bonchev–Trinajstić information content (AvgIpc) is 2.82. The van der Waals surface area contributed by atoms with Crippen LogP contribution < -0.4 is 10.1 Å². The largest absolute Gasteiger partial charge is 0.497 e. The van der Waals surface area contributed by atoms with E-state index in [1.165, 1.54) is 25.1 Å². The second-order valence-corrected chi connectivity index (χ2v) is 6.77. The summed E-state index contributed by atoms with van der Waals surface area (Å²) in [5.41, 5.74) is 3.88. The SMILES string of the molecule is COc1ccc(CC(=O)Nc2ccc3c(c2)nc2n3CCCCC2)cc1. The van der Waals surface area contributed by atoms with E-state index in [2.05, 4.69) is 16.0 Å². The number of anilines is 1. The minimum absolute atomic E-state index is 0.0321. The van der Waals surface area contributed by atoms with E-state index in [4.69, 9.17) is 9.72 Å². The van der Waals surface area contributed by atoms with Crippen molar-refractivity contribution in [1.29, 1.82) is 0 Å². The number of imidazole rings is 1. The number of amides is 1. The molecule has 4 rings (SSSR count). The van der Waals surface area contributed by atoms with Crippen molar-refractivity contribution in [3.8, 4) is 5.75 Å². The van der Waals surface area contributed by atoms with Crippen LogP contribution in [0, 0.1) is 0 Å². The van der Waals surface area contributed by atoms with E-state index in [9.17, 15) is 4.79 Å². The van der Waals surface area contributed by atoms with Crippen LogP contribution in [0.25, 0.3) is 11.0 Å². The fourth-order valence-electron chi connectivity index (χ4n) is 3.56. The van der Waals surface area contributed by atoms with Gasteiger partial charge in [-0.2, -0.15) is 0 Å². The molecule has 5 heteroatoms. The summed E-state index contributed by atoms with van der Waals surface area (Å²) in [6.07, 6.45) is 5.05. The molecule has 5 nitrogen and oxygen atoms in total. The summed E-state index contributed by atoms with van der Waals surface area (Å²) < 4.78 is 7.47. The lowest BCUT2D eigenvalue weighted by Crippen LogP contribution is -2.14. The van der Waals surface area contributed by atoms with Crippen LogP contribution in [0.5, 0.6) is 5.75 Å². The number of carbonyl (C=O) groups is 1.